The molecular formula is C21H32F3N5. The lowest BCUT2D eigenvalue weighted by atomic mass is 10.0. The summed E-state index contributed by atoms with van der Waals surface area (Å²) in [5.41, 5.74) is 2.52. The second-order valence-electron chi connectivity index (χ2n) is 8.10. The van der Waals surface area contributed by atoms with E-state index in [1.165, 1.54) is 28.9 Å². The van der Waals surface area contributed by atoms with Crippen LogP contribution in [0.4, 0.5) is 13.2 Å². The first kappa shape index (κ1) is 21.9. The third-order valence-corrected chi connectivity index (χ3v) is 5.75. The van der Waals surface area contributed by atoms with Gasteiger partial charge in [-0.1, -0.05) is 29.8 Å². The number of hydrogen-bond donors (Lipinski definition) is 2. The molecule has 0 spiro atoms. The number of rotatable bonds is 6. The van der Waals surface area contributed by atoms with Crippen molar-refractivity contribution in [3.63, 3.8) is 0 Å². The molecule has 0 aliphatic carbocycles. The van der Waals surface area contributed by atoms with Gasteiger partial charge in [0.05, 0.1) is 12.6 Å². The van der Waals surface area contributed by atoms with Crippen LogP contribution in [0, 0.1) is 6.92 Å². The fraction of sp³-hybridized carbons (Fsp3) is 0.667. The summed E-state index contributed by atoms with van der Waals surface area (Å²) in [6.07, 6.45) is -1.03. The van der Waals surface area contributed by atoms with Gasteiger partial charge in [-0.05, 0) is 44.8 Å². The molecule has 0 saturated carbocycles. The van der Waals surface area contributed by atoms with Crippen molar-refractivity contribution in [1.82, 2.24) is 20.4 Å². The molecule has 0 amide bonds. The van der Waals surface area contributed by atoms with Gasteiger partial charge in [0.15, 0.2) is 5.96 Å². The Labute approximate surface area is 171 Å². The van der Waals surface area contributed by atoms with E-state index in [2.05, 4.69) is 51.7 Å². The Morgan fingerprint density at radius 1 is 1.17 bits per heavy atom. The summed E-state index contributed by atoms with van der Waals surface area (Å²) in [6, 6.07) is 8.87. The number of likely N-dealkylation sites (tertiary alicyclic amines) is 2. The molecule has 2 N–H and O–H groups in total. The lowest BCUT2D eigenvalue weighted by Crippen LogP contribution is -2.47. The molecule has 2 heterocycles. The first-order valence-corrected chi connectivity index (χ1v) is 10.4. The molecule has 0 aromatic heterocycles. The minimum Gasteiger partial charge on any atom is -0.354 e. The predicted octanol–water partition coefficient (Wildman–Crippen LogP) is 2.93. The molecule has 0 bridgehead atoms. The summed E-state index contributed by atoms with van der Waals surface area (Å²) in [5, 5.41) is 6.71. The van der Waals surface area contributed by atoms with Crippen LogP contribution in [0.1, 0.15) is 36.4 Å². The molecule has 2 aliphatic rings. The highest BCUT2D eigenvalue weighted by Crippen LogP contribution is 2.25. The van der Waals surface area contributed by atoms with Crippen LogP contribution in [-0.2, 0) is 0 Å². The summed E-state index contributed by atoms with van der Waals surface area (Å²) < 4.78 is 37.8. The highest BCUT2D eigenvalue weighted by Gasteiger charge is 2.34. The van der Waals surface area contributed by atoms with E-state index < -0.39 is 12.7 Å². The zero-order valence-corrected chi connectivity index (χ0v) is 17.3. The van der Waals surface area contributed by atoms with Crippen molar-refractivity contribution in [2.75, 3.05) is 46.3 Å². The van der Waals surface area contributed by atoms with Crippen molar-refractivity contribution in [3.05, 3.63) is 35.4 Å². The number of guanidine groups is 1. The minimum absolute atomic E-state index is 0.0202. The Hall–Kier alpha value is -1.80. The number of nitrogens with zero attached hydrogens (tertiary/aromatic N) is 3. The maximum atomic E-state index is 12.6. The van der Waals surface area contributed by atoms with Crippen molar-refractivity contribution in [3.8, 4) is 0 Å². The quantitative estimate of drug-likeness (QED) is 0.558. The van der Waals surface area contributed by atoms with Crippen LogP contribution in [0.3, 0.4) is 0 Å². The molecule has 8 heteroatoms. The third kappa shape index (κ3) is 6.60. The Balaban J connectivity index is 1.56. The molecule has 2 saturated heterocycles. The average molecular weight is 412 g/mol. The number of nitrogens with one attached hydrogen (secondary N) is 2. The van der Waals surface area contributed by atoms with Crippen LogP contribution in [0.5, 0.6) is 0 Å². The van der Waals surface area contributed by atoms with Gasteiger partial charge in [-0.15, -0.1) is 0 Å². The number of alkyl halides is 3. The maximum Gasteiger partial charge on any atom is 0.401 e. The highest BCUT2D eigenvalue weighted by atomic mass is 19.4. The van der Waals surface area contributed by atoms with Gasteiger partial charge in [0.1, 0.15) is 0 Å². The molecule has 2 aliphatic heterocycles. The smallest absolute Gasteiger partial charge is 0.354 e. The van der Waals surface area contributed by atoms with Crippen molar-refractivity contribution in [1.29, 1.82) is 0 Å². The predicted molar refractivity (Wildman–Crippen MR) is 110 cm³/mol. The van der Waals surface area contributed by atoms with Crippen LogP contribution in [0.2, 0.25) is 0 Å². The number of aliphatic imine (C=N–C) groups is 1. The van der Waals surface area contributed by atoms with Gasteiger partial charge in [0.25, 0.3) is 0 Å². The van der Waals surface area contributed by atoms with Crippen molar-refractivity contribution >= 4 is 5.96 Å². The fourth-order valence-corrected chi connectivity index (χ4v) is 4.23. The van der Waals surface area contributed by atoms with E-state index in [4.69, 9.17) is 0 Å². The standard InChI is InChI=1S/C21H32F3N5/c1-16-5-7-17(8-6-16)19(29-10-3-4-11-29)13-26-20(25-2)27-18-9-12-28(14-18)15-21(22,23)24/h5-8,18-19H,3-4,9-15H2,1-2H3,(H2,25,26,27). The van der Waals surface area contributed by atoms with Crippen molar-refractivity contribution in [2.24, 2.45) is 4.99 Å². The molecule has 1 aromatic rings. The van der Waals surface area contributed by atoms with E-state index in [9.17, 15) is 13.2 Å². The fourth-order valence-electron chi connectivity index (χ4n) is 4.23. The second kappa shape index (κ2) is 9.80. The molecule has 2 atom stereocenters. The van der Waals surface area contributed by atoms with Gasteiger partial charge < -0.3 is 10.6 Å². The van der Waals surface area contributed by atoms with Crippen LogP contribution in [0.25, 0.3) is 0 Å². The lowest BCUT2D eigenvalue weighted by molar-refractivity contribution is -0.143. The maximum absolute atomic E-state index is 12.6. The van der Waals surface area contributed by atoms with E-state index in [0.29, 0.717) is 32.0 Å². The van der Waals surface area contributed by atoms with Gasteiger partial charge in [0.2, 0.25) is 0 Å². The summed E-state index contributed by atoms with van der Waals surface area (Å²) >= 11 is 0. The molecule has 162 valence electrons. The lowest BCUT2D eigenvalue weighted by Gasteiger charge is -2.29. The number of aryl methyl sites for hydroxylation is 1. The number of halogens is 3. The van der Waals surface area contributed by atoms with Gasteiger partial charge in [0, 0.05) is 32.7 Å². The van der Waals surface area contributed by atoms with E-state index >= 15 is 0 Å². The van der Waals surface area contributed by atoms with Crippen LogP contribution >= 0.6 is 0 Å². The van der Waals surface area contributed by atoms with Gasteiger partial charge >= 0.3 is 6.18 Å². The monoisotopic (exact) mass is 411 g/mol. The van der Waals surface area contributed by atoms with Crippen LogP contribution in [-0.4, -0.2) is 74.3 Å². The van der Waals surface area contributed by atoms with Crippen molar-refractivity contribution in [2.45, 2.75) is 44.4 Å². The highest BCUT2D eigenvalue weighted by molar-refractivity contribution is 5.80. The third-order valence-electron chi connectivity index (χ3n) is 5.75. The minimum atomic E-state index is -4.15. The van der Waals surface area contributed by atoms with Crippen LogP contribution < -0.4 is 10.6 Å². The SMILES string of the molecule is CN=C(NCC(c1ccc(C)cc1)N1CCCC1)NC1CCN(CC(F)(F)F)C1. The second-order valence-corrected chi connectivity index (χ2v) is 8.10. The Bertz CT molecular complexity index is 668. The topological polar surface area (TPSA) is 42.9 Å². The molecule has 2 fully saturated rings. The normalized spacial score (nSPS) is 22.8. The molecule has 1 aromatic carbocycles. The van der Waals surface area contributed by atoms with E-state index in [1.54, 1.807) is 7.05 Å². The molecular weight excluding hydrogens is 379 g/mol. The zero-order valence-electron chi connectivity index (χ0n) is 17.3. The molecule has 5 nitrogen and oxygen atoms in total. The zero-order chi connectivity index (χ0) is 20.9. The van der Waals surface area contributed by atoms with E-state index in [1.807, 2.05) is 0 Å². The first-order chi connectivity index (χ1) is 13.8. The first-order valence-electron chi connectivity index (χ1n) is 10.4. The van der Waals surface area contributed by atoms with Crippen LogP contribution in [0.15, 0.2) is 29.3 Å². The summed E-state index contributed by atoms with van der Waals surface area (Å²) in [6.45, 7) is 4.95. The largest absolute Gasteiger partial charge is 0.401 e. The average Bonchev–Trinajstić information content (AvgIpc) is 3.33. The molecule has 29 heavy (non-hydrogen) atoms. The number of benzene rings is 1. The van der Waals surface area contributed by atoms with Gasteiger partial charge in [-0.2, -0.15) is 13.2 Å². The molecule has 3 rings (SSSR count). The summed E-state index contributed by atoms with van der Waals surface area (Å²) in [7, 11) is 1.70. The van der Waals surface area contributed by atoms with Gasteiger partial charge in [-0.25, -0.2) is 0 Å². The van der Waals surface area contributed by atoms with E-state index in [0.717, 1.165) is 13.1 Å². The van der Waals surface area contributed by atoms with Crippen molar-refractivity contribution < 1.29 is 13.2 Å². The van der Waals surface area contributed by atoms with E-state index in [-0.39, 0.29) is 12.1 Å². The Morgan fingerprint density at radius 3 is 2.48 bits per heavy atom. The van der Waals surface area contributed by atoms with Gasteiger partial charge in [-0.3, -0.25) is 14.8 Å². The summed E-state index contributed by atoms with van der Waals surface area (Å²) in [5.74, 6) is 0.653. The molecule has 0 radical (unpaired) electrons. The molecule has 2 unspecified atom stereocenters. The summed E-state index contributed by atoms with van der Waals surface area (Å²) in [4.78, 5) is 8.23. The Kier molecular flexibility index (Phi) is 7.40. The number of hydrogen-bond acceptors (Lipinski definition) is 3. The Morgan fingerprint density at radius 2 is 1.86 bits per heavy atom.